The second kappa shape index (κ2) is 6.71. The van der Waals surface area contributed by atoms with Gasteiger partial charge in [-0.3, -0.25) is 9.78 Å². The number of rotatable bonds is 5. The van der Waals surface area contributed by atoms with Gasteiger partial charge in [0.15, 0.2) is 0 Å². The molecule has 0 aromatic carbocycles. The van der Waals surface area contributed by atoms with Gasteiger partial charge in [0.05, 0.1) is 12.1 Å². The molecule has 0 atom stereocenters. The molecule has 1 N–H and O–H groups in total. The molecule has 1 rings (SSSR count). The average Bonchev–Trinajstić information content (AvgIpc) is 2.78. The first-order chi connectivity index (χ1) is 7.77. The van der Waals surface area contributed by atoms with E-state index in [1.165, 1.54) is 17.4 Å². The Kier molecular flexibility index (Phi) is 5.19. The van der Waals surface area contributed by atoms with E-state index < -0.39 is 5.91 Å². The zero-order valence-corrected chi connectivity index (χ0v) is 9.58. The fourth-order valence-electron chi connectivity index (χ4n) is 0.950. The van der Waals surface area contributed by atoms with Crippen molar-refractivity contribution in [1.29, 1.82) is 5.26 Å². The Bertz CT molecular complexity index is 406. The smallest absolute Gasteiger partial charge is 0.262 e. The molecule has 84 valence electrons. The lowest BCUT2D eigenvalue weighted by molar-refractivity contribution is -0.117. The van der Waals surface area contributed by atoms with Crippen molar-refractivity contribution < 1.29 is 9.53 Å². The van der Waals surface area contributed by atoms with Crippen molar-refractivity contribution in [3.05, 3.63) is 22.2 Å². The molecule has 0 spiro atoms. The summed E-state index contributed by atoms with van der Waals surface area (Å²) in [6.45, 7) is 0.808. The largest absolute Gasteiger partial charge is 0.383 e. The van der Waals surface area contributed by atoms with Crippen LogP contribution in [-0.4, -0.2) is 31.2 Å². The predicted octanol–water partition coefficient (Wildman–Crippen LogP) is 0.813. The van der Waals surface area contributed by atoms with Gasteiger partial charge in [-0.15, -0.1) is 11.3 Å². The van der Waals surface area contributed by atoms with Gasteiger partial charge in [0, 0.05) is 24.7 Å². The van der Waals surface area contributed by atoms with Gasteiger partial charge >= 0.3 is 0 Å². The van der Waals surface area contributed by atoms with E-state index >= 15 is 0 Å². The zero-order valence-electron chi connectivity index (χ0n) is 8.77. The molecule has 0 aliphatic carbocycles. The van der Waals surface area contributed by atoms with Crippen molar-refractivity contribution in [2.45, 2.75) is 0 Å². The number of nitrogens with zero attached hydrogens (tertiary/aromatic N) is 2. The lowest BCUT2D eigenvalue weighted by Gasteiger charge is -2.02. The third-order valence-corrected chi connectivity index (χ3v) is 2.42. The van der Waals surface area contributed by atoms with Crippen LogP contribution in [0.25, 0.3) is 6.08 Å². The van der Waals surface area contributed by atoms with Gasteiger partial charge in [0.25, 0.3) is 5.91 Å². The standard InChI is InChI=1S/C10H11N3O2S/c1-15-3-2-13-10(14)8(5-11)4-9-6-12-7-16-9/h4,6-7H,2-3H2,1H3,(H,13,14)/b8-4+. The van der Waals surface area contributed by atoms with Gasteiger partial charge < -0.3 is 10.1 Å². The van der Waals surface area contributed by atoms with E-state index in [9.17, 15) is 4.79 Å². The first-order valence-electron chi connectivity index (χ1n) is 4.55. The summed E-state index contributed by atoms with van der Waals surface area (Å²) < 4.78 is 4.79. The first kappa shape index (κ1) is 12.4. The number of aromatic nitrogens is 1. The molecule has 5 nitrogen and oxygen atoms in total. The van der Waals surface area contributed by atoms with E-state index in [4.69, 9.17) is 10.00 Å². The number of amides is 1. The minimum Gasteiger partial charge on any atom is -0.383 e. The summed E-state index contributed by atoms with van der Waals surface area (Å²) in [5.74, 6) is -0.395. The Morgan fingerprint density at radius 2 is 2.62 bits per heavy atom. The maximum absolute atomic E-state index is 11.5. The molecule has 0 bridgehead atoms. The van der Waals surface area contributed by atoms with Crippen LogP contribution in [0.4, 0.5) is 0 Å². The van der Waals surface area contributed by atoms with Crippen LogP contribution < -0.4 is 5.32 Å². The minimum atomic E-state index is -0.395. The average molecular weight is 237 g/mol. The molecule has 0 saturated heterocycles. The van der Waals surface area contributed by atoms with Crippen molar-refractivity contribution in [2.75, 3.05) is 20.3 Å². The SMILES string of the molecule is COCCNC(=O)/C(C#N)=C/c1cncs1. The lowest BCUT2D eigenvalue weighted by atomic mass is 10.2. The van der Waals surface area contributed by atoms with E-state index in [0.717, 1.165) is 4.88 Å². The topological polar surface area (TPSA) is 75.0 Å². The fraction of sp³-hybridized carbons (Fsp3) is 0.300. The van der Waals surface area contributed by atoms with E-state index in [-0.39, 0.29) is 5.57 Å². The minimum absolute atomic E-state index is 0.0698. The summed E-state index contributed by atoms with van der Waals surface area (Å²) in [5, 5.41) is 11.4. The second-order valence-corrected chi connectivity index (χ2v) is 3.74. The molecular weight excluding hydrogens is 226 g/mol. The van der Waals surface area contributed by atoms with Crippen molar-refractivity contribution in [3.63, 3.8) is 0 Å². The van der Waals surface area contributed by atoms with Crippen LogP contribution in [0.1, 0.15) is 4.88 Å². The quantitative estimate of drug-likeness (QED) is 0.467. The number of nitriles is 1. The summed E-state index contributed by atoms with van der Waals surface area (Å²) in [6.07, 6.45) is 3.12. The molecule has 1 heterocycles. The van der Waals surface area contributed by atoms with Gasteiger partial charge in [-0.2, -0.15) is 5.26 Å². The third-order valence-electron chi connectivity index (χ3n) is 1.69. The van der Waals surface area contributed by atoms with Crippen LogP contribution in [0.5, 0.6) is 0 Å². The molecule has 6 heteroatoms. The number of thiazole rings is 1. The van der Waals surface area contributed by atoms with Gasteiger partial charge in [-0.1, -0.05) is 0 Å². The molecule has 0 unspecified atom stereocenters. The Morgan fingerprint density at radius 3 is 3.19 bits per heavy atom. The normalized spacial score (nSPS) is 10.9. The van der Waals surface area contributed by atoms with Crippen LogP contribution >= 0.6 is 11.3 Å². The number of carbonyl (C=O) groups excluding carboxylic acids is 1. The monoisotopic (exact) mass is 237 g/mol. The highest BCUT2D eigenvalue weighted by atomic mass is 32.1. The van der Waals surface area contributed by atoms with Crippen LogP contribution in [-0.2, 0) is 9.53 Å². The molecule has 1 amide bonds. The Labute approximate surface area is 97.4 Å². The van der Waals surface area contributed by atoms with E-state index in [0.29, 0.717) is 13.2 Å². The maximum atomic E-state index is 11.5. The number of carbonyl (C=O) groups is 1. The van der Waals surface area contributed by atoms with Gasteiger partial charge in [0.2, 0.25) is 0 Å². The molecule has 0 fully saturated rings. The second-order valence-electron chi connectivity index (χ2n) is 2.82. The molecule has 16 heavy (non-hydrogen) atoms. The maximum Gasteiger partial charge on any atom is 0.262 e. The van der Waals surface area contributed by atoms with Crippen LogP contribution in [0.2, 0.25) is 0 Å². The lowest BCUT2D eigenvalue weighted by Crippen LogP contribution is -2.27. The Balaban J connectivity index is 2.61. The summed E-state index contributed by atoms with van der Waals surface area (Å²) in [6, 6.07) is 1.85. The van der Waals surface area contributed by atoms with E-state index in [1.807, 2.05) is 6.07 Å². The highest BCUT2D eigenvalue weighted by Crippen LogP contribution is 2.10. The Morgan fingerprint density at radius 1 is 1.81 bits per heavy atom. The number of hydrogen-bond donors (Lipinski definition) is 1. The van der Waals surface area contributed by atoms with Crippen LogP contribution in [0.3, 0.4) is 0 Å². The third kappa shape index (κ3) is 3.81. The summed E-state index contributed by atoms with van der Waals surface area (Å²) in [7, 11) is 1.55. The first-order valence-corrected chi connectivity index (χ1v) is 5.43. The fourth-order valence-corrected chi connectivity index (χ4v) is 1.50. The van der Waals surface area contributed by atoms with Crippen LogP contribution in [0, 0.1) is 11.3 Å². The predicted molar refractivity (Wildman–Crippen MR) is 60.6 cm³/mol. The van der Waals surface area contributed by atoms with Gasteiger partial charge in [-0.05, 0) is 6.08 Å². The highest BCUT2D eigenvalue weighted by Gasteiger charge is 2.08. The van der Waals surface area contributed by atoms with Crippen molar-refractivity contribution >= 4 is 23.3 Å². The molecule has 0 aliphatic heterocycles. The summed E-state index contributed by atoms with van der Waals surface area (Å²) in [5.41, 5.74) is 1.71. The summed E-state index contributed by atoms with van der Waals surface area (Å²) in [4.78, 5) is 16.1. The molecule has 0 aliphatic rings. The molecule has 1 aromatic rings. The molecular formula is C10H11N3O2S. The van der Waals surface area contributed by atoms with Crippen molar-refractivity contribution in [1.82, 2.24) is 10.3 Å². The highest BCUT2D eigenvalue weighted by molar-refractivity contribution is 7.10. The van der Waals surface area contributed by atoms with Crippen molar-refractivity contribution in [2.24, 2.45) is 0 Å². The molecule has 1 aromatic heterocycles. The number of hydrogen-bond acceptors (Lipinski definition) is 5. The number of ether oxygens (including phenoxy) is 1. The number of methoxy groups -OCH3 is 1. The Hall–Kier alpha value is -1.71. The number of nitrogens with one attached hydrogen (secondary N) is 1. The zero-order chi connectivity index (χ0) is 11.8. The van der Waals surface area contributed by atoms with Crippen LogP contribution in [0.15, 0.2) is 17.3 Å². The van der Waals surface area contributed by atoms with Crippen molar-refractivity contribution in [3.8, 4) is 6.07 Å². The van der Waals surface area contributed by atoms with Gasteiger partial charge in [-0.25, -0.2) is 0 Å². The molecule has 0 radical (unpaired) electrons. The van der Waals surface area contributed by atoms with Gasteiger partial charge in [0.1, 0.15) is 11.6 Å². The molecule has 0 saturated carbocycles. The van der Waals surface area contributed by atoms with E-state index in [1.54, 1.807) is 18.8 Å². The van der Waals surface area contributed by atoms with E-state index in [2.05, 4.69) is 10.3 Å². The summed E-state index contributed by atoms with van der Waals surface area (Å²) >= 11 is 1.37.